The Bertz CT molecular complexity index is 1210. The van der Waals surface area contributed by atoms with Gasteiger partial charge in [0.25, 0.3) is 0 Å². The van der Waals surface area contributed by atoms with Crippen LogP contribution in [0.3, 0.4) is 0 Å². The molecular formula is C25H28BrNO6. The van der Waals surface area contributed by atoms with Crippen LogP contribution >= 0.6 is 15.9 Å². The van der Waals surface area contributed by atoms with Gasteiger partial charge in [0.1, 0.15) is 6.04 Å². The van der Waals surface area contributed by atoms with Crippen molar-refractivity contribution >= 4 is 43.4 Å². The maximum atomic E-state index is 12.4. The Morgan fingerprint density at radius 1 is 0.848 bits per heavy atom. The lowest BCUT2D eigenvalue weighted by atomic mass is 9.95. The topological polar surface area (TPSA) is 66.5 Å². The fraction of sp³-hybridized carbons (Fsp3) is 0.400. The molecule has 8 heteroatoms. The molecule has 3 aromatic rings. The molecule has 1 heterocycles. The first kappa shape index (κ1) is 23.4. The van der Waals surface area contributed by atoms with E-state index in [1.165, 1.54) is 7.11 Å². The lowest BCUT2D eigenvalue weighted by Gasteiger charge is -2.25. The van der Waals surface area contributed by atoms with Crippen molar-refractivity contribution in [3.8, 4) is 23.0 Å². The molecular weight excluding hydrogens is 490 g/mol. The minimum absolute atomic E-state index is 0.195. The van der Waals surface area contributed by atoms with Crippen molar-refractivity contribution in [2.24, 2.45) is 0 Å². The molecule has 0 aliphatic carbocycles. The normalized spacial score (nSPS) is 16.2. The molecule has 0 N–H and O–H groups in total. The Morgan fingerprint density at radius 3 is 1.85 bits per heavy atom. The van der Waals surface area contributed by atoms with Crippen molar-refractivity contribution in [1.29, 1.82) is 0 Å². The SMILES string of the molecule is COC(=O)[C@@H]1CCCN1Cc1c(Br)c2cc(OC)c(OC)cc2c2cc(OC)c(OC)cc12. The van der Waals surface area contributed by atoms with Crippen molar-refractivity contribution in [3.05, 3.63) is 34.3 Å². The predicted molar refractivity (Wildman–Crippen MR) is 131 cm³/mol. The van der Waals surface area contributed by atoms with Gasteiger partial charge >= 0.3 is 5.97 Å². The van der Waals surface area contributed by atoms with Crippen LogP contribution < -0.4 is 18.9 Å². The van der Waals surface area contributed by atoms with Gasteiger partial charge in [0.05, 0.1) is 35.5 Å². The van der Waals surface area contributed by atoms with Crippen LogP contribution in [0.25, 0.3) is 21.5 Å². The number of nitrogens with zero attached hydrogens (tertiary/aromatic N) is 1. The second-order valence-corrected chi connectivity index (χ2v) is 8.74. The number of ether oxygens (including phenoxy) is 5. The molecule has 0 aromatic heterocycles. The van der Waals surface area contributed by atoms with E-state index < -0.39 is 0 Å². The summed E-state index contributed by atoms with van der Waals surface area (Å²) in [5.41, 5.74) is 1.06. The van der Waals surface area contributed by atoms with Crippen LogP contribution in [0.1, 0.15) is 18.4 Å². The Morgan fingerprint density at radius 2 is 1.33 bits per heavy atom. The predicted octanol–water partition coefficient (Wildman–Crippen LogP) is 4.93. The maximum absolute atomic E-state index is 12.4. The van der Waals surface area contributed by atoms with E-state index in [0.717, 1.165) is 51.0 Å². The van der Waals surface area contributed by atoms with E-state index >= 15 is 0 Å². The van der Waals surface area contributed by atoms with Crippen LogP contribution in [0.2, 0.25) is 0 Å². The highest BCUT2D eigenvalue weighted by Crippen LogP contribution is 2.45. The van der Waals surface area contributed by atoms with Gasteiger partial charge in [-0.2, -0.15) is 0 Å². The number of halogens is 1. The molecule has 1 atom stereocenters. The number of carbonyl (C=O) groups excluding carboxylic acids is 1. The summed E-state index contributed by atoms with van der Waals surface area (Å²) < 4.78 is 28.3. The van der Waals surface area contributed by atoms with Gasteiger partial charge in [-0.15, -0.1) is 0 Å². The summed E-state index contributed by atoms with van der Waals surface area (Å²) in [5.74, 6) is 2.38. The summed E-state index contributed by atoms with van der Waals surface area (Å²) >= 11 is 3.86. The summed E-state index contributed by atoms with van der Waals surface area (Å²) in [6.07, 6.45) is 1.74. The quantitative estimate of drug-likeness (QED) is 0.325. The van der Waals surface area contributed by atoms with Crippen LogP contribution in [0.5, 0.6) is 23.0 Å². The molecule has 7 nitrogen and oxygen atoms in total. The van der Waals surface area contributed by atoms with Gasteiger partial charge in [0.2, 0.25) is 0 Å². The number of carbonyl (C=O) groups is 1. The van der Waals surface area contributed by atoms with Crippen LogP contribution in [-0.4, -0.2) is 59.0 Å². The summed E-state index contributed by atoms with van der Waals surface area (Å²) in [5, 5.41) is 3.98. The zero-order valence-corrected chi connectivity index (χ0v) is 21.1. The summed E-state index contributed by atoms with van der Waals surface area (Å²) in [7, 11) is 7.94. The van der Waals surface area contributed by atoms with Gasteiger partial charge in [-0.25, -0.2) is 0 Å². The molecule has 176 valence electrons. The van der Waals surface area contributed by atoms with E-state index in [1.54, 1.807) is 28.4 Å². The molecule has 0 unspecified atom stereocenters. The van der Waals surface area contributed by atoms with Crippen LogP contribution in [0.4, 0.5) is 0 Å². The van der Waals surface area contributed by atoms with Gasteiger partial charge in [-0.1, -0.05) is 0 Å². The summed E-state index contributed by atoms with van der Waals surface area (Å²) in [6.45, 7) is 1.40. The van der Waals surface area contributed by atoms with Gasteiger partial charge in [0.15, 0.2) is 23.0 Å². The number of fused-ring (bicyclic) bond motifs is 3. The lowest BCUT2D eigenvalue weighted by molar-refractivity contribution is -0.146. The van der Waals surface area contributed by atoms with E-state index in [0.29, 0.717) is 29.5 Å². The van der Waals surface area contributed by atoms with Crippen LogP contribution in [0.15, 0.2) is 28.7 Å². The Labute approximate surface area is 201 Å². The Kier molecular flexibility index (Phi) is 6.86. The van der Waals surface area contributed by atoms with Gasteiger partial charge < -0.3 is 23.7 Å². The second-order valence-electron chi connectivity index (χ2n) is 7.95. The molecule has 3 aromatic carbocycles. The smallest absolute Gasteiger partial charge is 0.323 e. The lowest BCUT2D eigenvalue weighted by Crippen LogP contribution is -2.36. The van der Waals surface area contributed by atoms with Crippen molar-refractivity contribution in [2.45, 2.75) is 25.4 Å². The highest BCUT2D eigenvalue weighted by Gasteiger charge is 2.32. The number of esters is 1. The number of benzene rings is 3. The van der Waals surface area contributed by atoms with Gasteiger partial charge in [0, 0.05) is 16.4 Å². The molecule has 1 saturated heterocycles. The number of rotatable bonds is 7. The van der Waals surface area contributed by atoms with Crippen LogP contribution in [0, 0.1) is 0 Å². The minimum Gasteiger partial charge on any atom is -0.493 e. The van der Waals surface area contributed by atoms with Crippen LogP contribution in [-0.2, 0) is 16.1 Å². The van der Waals surface area contributed by atoms with E-state index in [1.807, 2.05) is 24.3 Å². The monoisotopic (exact) mass is 517 g/mol. The molecule has 0 saturated carbocycles. The standard InChI is InChI=1S/C25H28BrNO6/c1-29-20-9-14-15-10-21(30-2)23(32-4)12-17(15)24(26)18(16(14)11-22(20)31-3)13-27-8-6-7-19(27)25(28)33-5/h9-12,19H,6-8,13H2,1-5H3/t19-/m0/s1. The third-order valence-corrected chi connectivity index (χ3v) is 7.27. The third-order valence-electron chi connectivity index (χ3n) is 6.36. The Hall–Kier alpha value is -2.71. The third kappa shape index (κ3) is 4.06. The average molecular weight is 518 g/mol. The highest BCUT2D eigenvalue weighted by molar-refractivity contribution is 9.10. The summed E-state index contributed by atoms with van der Waals surface area (Å²) in [6, 6.07) is 7.68. The molecule has 0 radical (unpaired) electrons. The zero-order chi connectivity index (χ0) is 23.7. The molecule has 0 amide bonds. The van der Waals surface area contributed by atoms with Crippen molar-refractivity contribution in [2.75, 3.05) is 42.1 Å². The molecule has 4 rings (SSSR count). The molecule has 33 heavy (non-hydrogen) atoms. The summed E-state index contributed by atoms with van der Waals surface area (Å²) in [4.78, 5) is 14.5. The van der Waals surface area contributed by atoms with Crippen molar-refractivity contribution in [3.63, 3.8) is 0 Å². The fourth-order valence-corrected chi connectivity index (χ4v) is 5.36. The molecule has 1 aliphatic heterocycles. The first-order valence-electron chi connectivity index (χ1n) is 10.7. The van der Waals surface area contributed by atoms with E-state index in [-0.39, 0.29) is 12.0 Å². The first-order valence-corrected chi connectivity index (χ1v) is 11.5. The molecule has 1 aliphatic rings. The molecule has 0 spiro atoms. The first-order chi connectivity index (χ1) is 16.0. The maximum Gasteiger partial charge on any atom is 0.323 e. The van der Waals surface area contributed by atoms with E-state index in [9.17, 15) is 4.79 Å². The number of likely N-dealkylation sites (tertiary alicyclic amines) is 1. The number of methoxy groups -OCH3 is 5. The van der Waals surface area contributed by atoms with Crippen molar-refractivity contribution in [1.82, 2.24) is 4.90 Å². The Balaban J connectivity index is 2.01. The fourth-order valence-electron chi connectivity index (χ4n) is 4.69. The van der Waals surface area contributed by atoms with Crippen molar-refractivity contribution < 1.29 is 28.5 Å². The largest absolute Gasteiger partial charge is 0.493 e. The zero-order valence-electron chi connectivity index (χ0n) is 19.5. The minimum atomic E-state index is -0.252. The highest BCUT2D eigenvalue weighted by atomic mass is 79.9. The molecule has 1 fully saturated rings. The van der Waals surface area contributed by atoms with Gasteiger partial charge in [-0.3, -0.25) is 9.69 Å². The number of hydrogen-bond acceptors (Lipinski definition) is 7. The average Bonchev–Trinajstić information content (AvgIpc) is 3.32. The van der Waals surface area contributed by atoms with E-state index in [4.69, 9.17) is 23.7 Å². The van der Waals surface area contributed by atoms with E-state index in [2.05, 4.69) is 20.8 Å². The number of hydrogen-bond donors (Lipinski definition) is 0. The molecule has 0 bridgehead atoms. The van der Waals surface area contributed by atoms with Gasteiger partial charge in [-0.05, 0) is 81.3 Å². The second kappa shape index (κ2) is 9.65.